The number of nitrogens with one attached hydrogen (secondary N) is 1. The van der Waals surface area contributed by atoms with Crippen LogP contribution in [-0.2, 0) is 17.4 Å². The van der Waals surface area contributed by atoms with Crippen molar-refractivity contribution >= 4 is 28.8 Å². The van der Waals surface area contributed by atoms with Crippen molar-refractivity contribution in [2.75, 3.05) is 7.05 Å². The van der Waals surface area contributed by atoms with E-state index in [1.807, 2.05) is 18.2 Å². The SMILES string of the molecule is C=C(NC1(c2nc3ccc(/C=C/C(=O)O)cc3n2C)CCC1)C1=CC2C(CC1)C(C1CCCC1)=C(c1ccccc1)N2C. The Kier molecular flexibility index (Phi) is 7.03. The molecule has 3 aromatic rings. The second kappa shape index (κ2) is 10.9. The van der Waals surface area contributed by atoms with Gasteiger partial charge in [-0.1, -0.05) is 61.9 Å². The van der Waals surface area contributed by atoms with Crippen LogP contribution >= 0.6 is 0 Å². The van der Waals surface area contributed by atoms with E-state index in [2.05, 4.69) is 71.9 Å². The second-order valence-corrected chi connectivity index (χ2v) is 13.0. The van der Waals surface area contributed by atoms with Gasteiger partial charge in [-0.2, -0.15) is 0 Å². The van der Waals surface area contributed by atoms with Gasteiger partial charge in [0, 0.05) is 37.5 Å². The first-order chi connectivity index (χ1) is 20.8. The van der Waals surface area contributed by atoms with Crippen LogP contribution < -0.4 is 5.32 Å². The minimum atomic E-state index is -0.948. The van der Waals surface area contributed by atoms with E-state index in [0.717, 1.165) is 60.2 Å². The molecule has 1 aliphatic heterocycles. The van der Waals surface area contributed by atoms with E-state index in [4.69, 9.17) is 10.1 Å². The highest BCUT2D eigenvalue weighted by molar-refractivity contribution is 5.87. The highest BCUT2D eigenvalue weighted by Crippen LogP contribution is 2.51. The predicted octanol–water partition coefficient (Wildman–Crippen LogP) is 7.41. The first-order valence-corrected chi connectivity index (χ1v) is 15.9. The Bertz CT molecular complexity index is 1670. The van der Waals surface area contributed by atoms with Crippen molar-refractivity contribution in [3.8, 4) is 0 Å². The Morgan fingerprint density at radius 2 is 1.84 bits per heavy atom. The zero-order valence-electron chi connectivity index (χ0n) is 25.4. The number of rotatable bonds is 8. The second-order valence-electron chi connectivity index (χ2n) is 13.0. The van der Waals surface area contributed by atoms with Crippen LogP contribution in [0.2, 0.25) is 0 Å². The van der Waals surface area contributed by atoms with Gasteiger partial charge in [-0.25, -0.2) is 9.78 Å². The van der Waals surface area contributed by atoms with Gasteiger partial charge in [0.05, 0.1) is 22.6 Å². The van der Waals surface area contributed by atoms with Crippen LogP contribution in [0.4, 0.5) is 0 Å². The molecule has 2 atom stereocenters. The van der Waals surface area contributed by atoms with Crippen molar-refractivity contribution in [1.82, 2.24) is 19.8 Å². The number of hydrogen-bond donors (Lipinski definition) is 2. The summed E-state index contributed by atoms with van der Waals surface area (Å²) in [5, 5.41) is 13.0. The van der Waals surface area contributed by atoms with Crippen molar-refractivity contribution < 1.29 is 9.90 Å². The summed E-state index contributed by atoms with van der Waals surface area (Å²) >= 11 is 0. The maximum Gasteiger partial charge on any atom is 0.328 e. The molecule has 2 saturated carbocycles. The molecule has 0 bridgehead atoms. The number of aromatic nitrogens is 2. The van der Waals surface area contributed by atoms with Crippen LogP contribution in [-0.4, -0.2) is 38.6 Å². The summed E-state index contributed by atoms with van der Waals surface area (Å²) in [5.41, 5.74) is 9.42. The molecule has 6 heteroatoms. The molecular weight excluding hydrogens is 532 g/mol. The maximum atomic E-state index is 11.0. The number of aliphatic carboxylic acids is 1. The molecule has 0 radical (unpaired) electrons. The lowest BCUT2D eigenvalue weighted by atomic mass is 9.74. The summed E-state index contributed by atoms with van der Waals surface area (Å²) in [4.78, 5) is 18.7. The number of aryl methyl sites for hydroxylation is 1. The smallest absolute Gasteiger partial charge is 0.328 e. The minimum absolute atomic E-state index is 0.246. The molecule has 2 aromatic carbocycles. The number of fused-ring (bicyclic) bond motifs is 2. The van der Waals surface area contributed by atoms with Gasteiger partial charge in [0.15, 0.2) is 0 Å². The van der Waals surface area contributed by atoms with Gasteiger partial charge in [-0.3, -0.25) is 0 Å². The number of hydrogen-bond acceptors (Lipinski definition) is 4. The zero-order chi connectivity index (χ0) is 29.7. The number of carboxylic acids is 1. The molecular formula is C37H42N4O2. The molecule has 4 aliphatic rings. The largest absolute Gasteiger partial charge is 0.478 e. The van der Waals surface area contributed by atoms with E-state index in [1.165, 1.54) is 48.6 Å². The molecule has 1 aromatic heterocycles. The highest BCUT2D eigenvalue weighted by Gasteiger charge is 2.45. The van der Waals surface area contributed by atoms with Gasteiger partial charge >= 0.3 is 5.97 Å². The first-order valence-electron chi connectivity index (χ1n) is 15.9. The third kappa shape index (κ3) is 4.81. The number of nitrogens with zero attached hydrogens (tertiary/aromatic N) is 3. The van der Waals surface area contributed by atoms with Crippen LogP contribution in [0.5, 0.6) is 0 Å². The van der Waals surface area contributed by atoms with Crippen molar-refractivity contribution in [2.24, 2.45) is 18.9 Å². The molecule has 2 heterocycles. The van der Waals surface area contributed by atoms with Gasteiger partial charge in [0.1, 0.15) is 5.82 Å². The molecule has 43 heavy (non-hydrogen) atoms. The third-order valence-electron chi connectivity index (χ3n) is 10.6. The minimum Gasteiger partial charge on any atom is -0.478 e. The van der Waals surface area contributed by atoms with Gasteiger partial charge in [0.25, 0.3) is 0 Å². The normalized spacial score (nSPS) is 23.5. The van der Waals surface area contributed by atoms with Crippen molar-refractivity contribution in [1.29, 1.82) is 0 Å². The predicted molar refractivity (Wildman–Crippen MR) is 173 cm³/mol. The van der Waals surface area contributed by atoms with Crippen LogP contribution in [0.3, 0.4) is 0 Å². The molecule has 0 spiro atoms. The fourth-order valence-electron chi connectivity index (χ4n) is 8.30. The van der Waals surface area contributed by atoms with Crippen molar-refractivity contribution in [2.45, 2.75) is 69.4 Å². The Balaban J connectivity index is 1.16. The Hall–Kier alpha value is -4.06. The number of imidazole rings is 1. The lowest BCUT2D eigenvalue weighted by Crippen LogP contribution is -2.49. The molecule has 2 unspecified atom stereocenters. The van der Waals surface area contributed by atoms with Crippen molar-refractivity contribution in [3.63, 3.8) is 0 Å². The fraction of sp³-hybridized carbons (Fsp3) is 0.405. The summed E-state index contributed by atoms with van der Waals surface area (Å²) < 4.78 is 2.17. The van der Waals surface area contributed by atoms with Gasteiger partial charge < -0.3 is 19.9 Å². The standard InChI is InChI=1S/C37H42N4O2/c1-24(39-37(20-9-21-37)36-38-30-18-14-25(15-19-33(42)43)22-32(30)41(36)3)28-16-17-29-31(23-28)40(2)35(27-12-5-4-6-13-27)34(29)26-10-7-8-11-26/h4-6,12-15,18-19,22-23,26,29,31,39H,1,7-11,16-17,20-21H2,2-3H3,(H,42,43)/b19-15+. The molecule has 6 nitrogen and oxygen atoms in total. The lowest BCUT2D eigenvalue weighted by molar-refractivity contribution is -0.131. The van der Waals surface area contributed by atoms with Gasteiger partial charge in [-0.15, -0.1) is 0 Å². The topological polar surface area (TPSA) is 70.4 Å². The summed E-state index contributed by atoms with van der Waals surface area (Å²) in [6.45, 7) is 4.61. The quantitative estimate of drug-likeness (QED) is 0.274. The number of benzene rings is 2. The average Bonchev–Trinajstić information content (AvgIpc) is 3.71. The van der Waals surface area contributed by atoms with Crippen LogP contribution in [0, 0.1) is 11.8 Å². The molecule has 3 aliphatic carbocycles. The summed E-state index contributed by atoms with van der Waals surface area (Å²) in [6, 6.07) is 17.3. The van der Waals surface area contributed by atoms with E-state index in [9.17, 15) is 4.79 Å². The van der Waals surface area contributed by atoms with E-state index in [-0.39, 0.29) is 5.54 Å². The monoisotopic (exact) mass is 574 g/mol. The lowest BCUT2D eigenvalue weighted by Gasteiger charge is -2.44. The third-order valence-corrected chi connectivity index (χ3v) is 10.6. The molecule has 7 rings (SSSR count). The van der Waals surface area contributed by atoms with Gasteiger partial charge in [0.2, 0.25) is 0 Å². The summed E-state index contributed by atoms with van der Waals surface area (Å²) in [6.07, 6.45) is 16.0. The highest BCUT2D eigenvalue weighted by atomic mass is 16.4. The van der Waals surface area contributed by atoms with E-state index in [1.54, 1.807) is 11.6 Å². The van der Waals surface area contributed by atoms with Gasteiger partial charge in [-0.05, 0) is 91.3 Å². The van der Waals surface area contributed by atoms with E-state index >= 15 is 0 Å². The van der Waals surface area contributed by atoms with E-state index < -0.39 is 5.97 Å². The molecule has 2 fully saturated rings. The number of carboxylic acid groups (broad SMARTS) is 1. The molecule has 2 N–H and O–H groups in total. The number of allylic oxidation sites excluding steroid dienone is 1. The van der Waals surface area contributed by atoms with Crippen molar-refractivity contribution in [3.05, 3.63) is 101 Å². The number of carbonyl (C=O) groups is 1. The number of likely N-dealkylation sites (N-methyl/N-ethyl adjacent to an activating group) is 1. The van der Waals surface area contributed by atoms with Crippen LogP contribution in [0.25, 0.3) is 22.8 Å². The maximum absolute atomic E-state index is 11.0. The molecule has 0 amide bonds. The Morgan fingerprint density at radius 3 is 2.53 bits per heavy atom. The summed E-state index contributed by atoms with van der Waals surface area (Å²) in [7, 11) is 4.36. The first kappa shape index (κ1) is 27.8. The fourth-order valence-corrected chi connectivity index (χ4v) is 8.30. The zero-order valence-corrected chi connectivity index (χ0v) is 25.4. The molecule has 0 saturated heterocycles. The molecule has 222 valence electrons. The Labute approximate surface area is 254 Å². The summed E-state index contributed by atoms with van der Waals surface area (Å²) in [5.74, 6) is 1.36. The van der Waals surface area contributed by atoms with Crippen LogP contribution in [0.1, 0.15) is 74.7 Å². The van der Waals surface area contributed by atoms with E-state index in [0.29, 0.717) is 17.9 Å². The Morgan fingerprint density at radius 1 is 1.07 bits per heavy atom. The van der Waals surface area contributed by atoms with Crippen LogP contribution in [0.15, 0.2) is 84.1 Å². The average molecular weight is 575 g/mol.